The number of hydrogen-bond donors (Lipinski definition) is 2. The summed E-state index contributed by atoms with van der Waals surface area (Å²) in [5, 5.41) is 35.7. The Morgan fingerprint density at radius 1 is 1.17 bits per heavy atom. The SMILES string of the molecule is CCN(CCCS(=O)(=O)O)c1ccc(N=Nc2c(C#N)c(C(C)(C)C)nn2-c2ccc(C#N)cc2Cl)c(NC(C)=O)c1. The molecule has 0 saturated carbocycles. The molecule has 0 radical (unpaired) electrons. The van der Waals surface area contributed by atoms with Gasteiger partial charge in [0.2, 0.25) is 5.91 Å². The van der Waals surface area contributed by atoms with Gasteiger partial charge in [0.15, 0.2) is 5.82 Å². The van der Waals surface area contributed by atoms with Crippen LogP contribution >= 0.6 is 11.6 Å². The third kappa shape index (κ3) is 7.91. The molecular weight excluding hydrogens is 580 g/mol. The molecular formula is C28H31ClN8O4S. The van der Waals surface area contributed by atoms with Crippen LogP contribution in [0.15, 0.2) is 46.6 Å². The normalized spacial score (nSPS) is 11.7. The number of nitrogens with one attached hydrogen (secondary N) is 1. The van der Waals surface area contributed by atoms with E-state index in [0.29, 0.717) is 47.1 Å². The van der Waals surface area contributed by atoms with E-state index in [-0.39, 0.29) is 34.5 Å². The van der Waals surface area contributed by atoms with Crippen LogP contribution in [0.5, 0.6) is 0 Å². The lowest BCUT2D eigenvalue weighted by Gasteiger charge is -2.24. The molecule has 1 amide bonds. The summed E-state index contributed by atoms with van der Waals surface area (Å²) in [5.74, 6) is -0.601. The first-order valence-corrected chi connectivity index (χ1v) is 14.9. The molecule has 1 aromatic heterocycles. The second kappa shape index (κ2) is 13.1. The molecule has 0 fully saturated rings. The molecule has 14 heteroatoms. The van der Waals surface area contributed by atoms with E-state index in [9.17, 15) is 23.7 Å². The highest BCUT2D eigenvalue weighted by molar-refractivity contribution is 7.85. The third-order valence-corrected chi connectivity index (χ3v) is 7.22. The predicted molar refractivity (Wildman–Crippen MR) is 161 cm³/mol. The van der Waals surface area contributed by atoms with Crippen LogP contribution in [-0.2, 0) is 20.3 Å². The second-order valence-corrected chi connectivity index (χ2v) is 12.4. The van der Waals surface area contributed by atoms with E-state index in [1.54, 1.807) is 30.3 Å². The minimum Gasteiger partial charge on any atom is -0.372 e. The topological polar surface area (TPSA) is 177 Å². The van der Waals surface area contributed by atoms with Crippen molar-refractivity contribution in [3.8, 4) is 17.8 Å². The summed E-state index contributed by atoms with van der Waals surface area (Å²) in [4.78, 5) is 13.9. The number of aromatic nitrogens is 2. The molecule has 0 unspecified atom stereocenters. The summed E-state index contributed by atoms with van der Waals surface area (Å²) in [6.45, 7) is 9.86. The van der Waals surface area contributed by atoms with Crippen molar-refractivity contribution in [2.45, 2.75) is 46.5 Å². The average Bonchev–Trinajstić information content (AvgIpc) is 3.28. The molecule has 2 aromatic carbocycles. The van der Waals surface area contributed by atoms with Crippen molar-refractivity contribution >= 4 is 50.5 Å². The molecule has 220 valence electrons. The summed E-state index contributed by atoms with van der Waals surface area (Å²) < 4.78 is 32.7. The Morgan fingerprint density at radius 3 is 2.43 bits per heavy atom. The Balaban J connectivity index is 2.12. The Labute approximate surface area is 250 Å². The molecule has 0 aliphatic carbocycles. The van der Waals surface area contributed by atoms with Gasteiger partial charge >= 0.3 is 0 Å². The van der Waals surface area contributed by atoms with E-state index in [1.807, 2.05) is 38.7 Å². The number of anilines is 2. The van der Waals surface area contributed by atoms with Crippen LogP contribution in [0.3, 0.4) is 0 Å². The van der Waals surface area contributed by atoms with Gasteiger partial charge in [-0.25, -0.2) is 4.68 Å². The number of rotatable bonds is 10. The number of carbonyl (C=O) groups excluding carboxylic acids is 1. The highest BCUT2D eigenvalue weighted by Gasteiger charge is 2.28. The second-order valence-electron chi connectivity index (χ2n) is 10.4. The van der Waals surface area contributed by atoms with E-state index in [1.165, 1.54) is 17.7 Å². The Hall–Kier alpha value is -4.30. The zero-order valence-corrected chi connectivity index (χ0v) is 25.5. The lowest BCUT2D eigenvalue weighted by atomic mass is 9.90. The summed E-state index contributed by atoms with van der Waals surface area (Å²) in [7, 11) is -4.08. The Bertz CT molecular complexity index is 1710. The fraction of sp³-hybridized carbons (Fsp3) is 0.357. The number of halogens is 1. The number of azo groups is 1. The molecule has 2 N–H and O–H groups in total. The van der Waals surface area contributed by atoms with Crippen molar-refractivity contribution in [3.63, 3.8) is 0 Å². The third-order valence-electron chi connectivity index (χ3n) is 6.11. The number of carbonyl (C=O) groups is 1. The van der Waals surface area contributed by atoms with Crippen LogP contribution in [-0.4, -0.2) is 47.5 Å². The molecule has 0 atom stereocenters. The molecule has 0 saturated heterocycles. The number of hydrogen-bond acceptors (Lipinski definition) is 9. The van der Waals surface area contributed by atoms with Crippen LogP contribution in [0, 0.1) is 22.7 Å². The standard InChI is InChI=1S/C28H31ClN8O4S/c1-6-36(12-7-13-42(39,40)41)20-9-10-23(24(15-20)32-18(2)38)33-34-27-21(17-31)26(28(3,4)5)35-37(27)25-11-8-19(16-30)14-22(25)29/h8-11,14-15H,6-7,12-13H2,1-5H3,(H,32,38)(H,39,40,41). The fourth-order valence-electron chi connectivity index (χ4n) is 4.15. The van der Waals surface area contributed by atoms with Crippen molar-refractivity contribution in [1.82, 2.24) is 9.78 Å². The van der Waals surface area contributed by atoms with Gasteiger partial charge in [-0.3, -0.25) is 9.35 Å². The monoisotopic (exact) mass is 610 g/mol. The van der Waals surface area contributed by atoms with Gasteiger partial charge in [-0.1, -0.05) is 32.4 Å². The van der Waals surface area contributed by atoms with E-state index in [2.05, 4.69) is 26.7 Å². The summed E-state index contributed by atoms with van der Waals surface area (Å²) >= 11 is 6.49. The smallest absolute Gasteiger partial charge is 0.264 e. The molecule has 12 nitrogen and oxygen atoms in total. The van der Waals surface area contributed by atoms with E-state index < -0.39 is 15.5 Å². The maximum atomic E-state index is 12.0. The maximum Gasteiger partial charge on any atom is 0.264 e. The van der Waals surface area contributed by atoms with Crippen molar-refractivity contribution in [1.29, 1.82) is 10.5 Å². The zero-order chi connectivity index (χ0) is 31.2. The minimum absolute atomic E-state index is 0.118. The molecule has 0 spiro atoms. The molecule has 42 heavy (non-hydrogen) atoms. The van der Waals surface area contributed by atoms with Gasteiger partial charge in [-0.2, -0.15) is 24.0 Å². The summed E-state index contributed by atoms with van der Waals surface area (Å²) in [6.07, 6.45) is 0.207. The number of nitrogens with zero attached hydrogens (tertiary/aromatic N) is 7. The van der Waals surface area contributed by atoms with Crippen LogP contribution in [0.2, 0.25) is 5.02 Å². The van der Waals surface area contributed by atoms with Crippen LogP contribution in [0.1, 0.15) is 57.9 Å². The average molecular weight is 611 g/mol. The van der Waals surface area contributed by atoms with Gasteiger partial charge < -0.3 is 10.2 Å². The van der Waals surface area contributed by atoms with Gasteiger partial charge in [0.05, 0.1) is 39.5 Å². The maximum absolute atomic E-state index is 12.0. The van der Waals surface area contributed by atoms with Crippen molar-refractivity contribution in [3.05, 3.63) is 58.2 Å². The van der Waals surface area contributed by atoms with Gasteiger partial charge in [-0.05, 0) is 49.7 Å². The molecule has 0 aliphatic rings. The molecule has 0 bridgehead atoms. The van der Waals surface area contributed by atoms with Crippen molar-refractivity contribution in [2.75, 3.05) is 29.1 Å². The molecule has 3 aromatic rings. The fourth-order valence-corrected chi connectivity index (χ4v) is 4.91. The summed E-state index contributed by atoms with van der Waals surface area (Å²) in [6, 6.07) is 14.0. The van der Waals surface area contributed by atoms with E-state index in [0.717, 1.165) is 0 Å². The van der Waals surface area contributed by atoms with Gasteiger partial charge in [0.1, 0.15) is 17.3 Å². The zero-order valence-electron chi connectivity index (χ0n) is 23.9. The number of benzene rings is 2. The molecule has 0 aliphatic heterocycles. The number of amides is 1. The van der Waals surface area contributed by atoms with Crippen LogP contribution in [0.4, 0.5) is 22.9 Å². The summed E-state index contributed by atoms with van der Waals surface area (Å²) in [5.41, 5.74) is 2.23. The van der Waals surface area contributed by atoms with Crippen LogP contribution in [0.25, 0.3) is 5.69 Å². The lowest BCUT2D eigenvalue weighted by molar-refractivity contribution is -0.114. The first-order valence-electron chi connectivity index (χ1n) is 13.0. The molecule has 1 heterocycles. The van der Waals surface area contributed by atoms with E-state index in [4.69, 9.17) is 16.2 Å². The highest BCUT2D eigenvalue weighted by Crippen LogP contribution is 2.37. The highest BCUT2D eigenvalue weighted by atomic mass is 35.5. The largest absolute Gasteiger partial charge is 0.372 e. The van der Waals surface area contributed by atoms with Gasteiger partial charge in [0, 0.05) is 31.1 Å². The quantitative estimate of drug-likeness (QED) is 0.206. The predicted octanol–water partition coefficient (Wildman–Crippen LogP) is 6.04. The Kier molecular flexibility index (Phi) is 10.1. The van der Waals surface area contributed by atoms with E-state index >= 15 is 0 Å². The van der Waals surface area contributed by atoms with Gasteiger partial charge in [-0.15, -0.1) is 10.2 Å². The minimum atomic E-state index is -4.08. The van der Waals surface area contributed by atoms with Gasteiger partial charge in [0.25, 0.3) is 10.1 Å². The lowest BCUT2D eigenvalue weighted by Crippen LogP contribution is -2.25. The van der Waals surface area contributed by atoms with Crippen molar-refractivity contribution in [2.24, 2.45) is 10.2 Å². The first kappa shape index (κ1) is 32.2. The number of nitriles is 2. The van der Waals surface area contributed by atoms with Crippen molar-refractivity contribution < 1.29 is 17.8 Å². The molecule has 3 rings (SSSR count). The van der Waals surface area contributed by atoms with Crippen LogP contribution < -0.4 is 10.2 Å². The first-order chi connectivity index (χ1) is 19.7. The Morgan fingerprint density at radius 2 is 1.88 bits per heavy atom.